The lowest BCUT2D eigenvalue weighted by molar-refractivity contribution is 1.98. The van der Waals surface area contributed by atoms with E-state index in [2.05, 4.69) is 0 Å². The van der Waals surface area contributed by atoms with Crippen LogP contribution in [0.1, 0.15) is 0 Å². The average molecular weight is 157 g/mol. The van der Waals surface area contributed by atoms with Gasteiger partial charge in [-0.25, -0.2) is 0 Å². The van der Waals surface area contributed by atoms with Crippen molar-refractivity contribution in [3.05, 3.63) is 22.2 Å². The Bertz CT molecular complexity index is 93.1. The van der Waals surface area contributed by atoms with Gasteiger partial charge in [0, 0.05) is 11.1 Å². The molecule has 0 N–H and O–H groups in total. The molecule has 0 aromatic rings. The maximum Gasteiger partial charge on any atom is 0.0527 e. The predicted molar refractivity (Wildman–Crippen MR) is 34.8 cm³/mol. The zero-order valence-electron chi connectivity index (χ0n) is 3.37. The Labute approximate surface area is 57.4 Å². The third-order valence-electron chi connectivity index (χ3n) is 0.326. The molecule has 0 saturated heterocycles. The summed E-state index contributed by atoms with van der Waals surface area (Å²) in [5.74, 6) is 0. The highest BCUT2D eigenvalue weighted by Gasteiger charge is 1.75. The van der Waals surface area contributed by atoms with Crippen LogP contribution in [0.15, 0.2) is 22.2 Å². The van der Waals surface area contributed by atoms with E-state index in [4.69, 9.17) is 34.8 Å². The van der Waals surface area contributed by atoms with Crippen molar-refractivity contribution in [2.75, 3.05) is 0 Å². The fourth-order valence-electron chi connectivity index (χ4n) is 0.0965. The van der Waals surface area contributed by atoms with Crippen LogP contribution < -0.4 is 0 Å². The van der Waals surface area contributed by atoms with Gasteiger partial charge in [0.05, 0.1) is 5.03 Å². The summed E-state index contributed by atoms with van der Waals surface area (Å²) < 4.78 is 0. The summed E-state index contributed by atoms with van der Waals surface area (Å²) in [4.78, 5) is 0. The minimum absolute atomic E-state index is 0.427. The lowest BCUT2D eigenvalue weighted by atomic mass is 10.6. The fraction of sp³-hybridized carbons (Fsp3) is 0. The Kier molecular flexibility index (Phi) is 4.73. The first-order chi connectivity index (χ1) is 3.31. The van der Waals surface area contributed by atoms with Gasteiger partial charge in [0.1, 0.15) is 0 Å². The van der Waals surface area contributed by atoms with Gasteiger partial charge in [0.25, 0.3) is 0 Å². The number of rotatable bonds is 1. The summed E-state index contributed by atoms with van der Waals surface area (Å²) in [5, 5.41) is 0.427. The minimum atomic E-state index is 0.427. The lowest BCUT2D eigenvalue weighted by Crippen LogP contribution is -1.51. The van der Waals surface area contributed by atoms with Gasteiger partial charge in [-0.3, -0.25) is 0 Å². The van der Waals surface area contributed by atoms with Crippen LogP contribution in [0.4, 0.5) is 0 Å². The van der Waals surface area contributed by atoms with Crippen molar-refractivity contribution in [1.82, 2.24) is 0 Å². The van der Waals surface area contributed by atoms with E-state index >= 15 is 0 Å². The van der Waals surface area contributed by atoms with Crippen molar-refractivity contribution in [3.8, 4) is 0 Å². The molecule has 0 atom stereocenters. The van der Waals surface area contributed by atoms with E-state index in [9.17, 15) is 0 Å². The summed E-state index contributed by atoms with van der Waals surface area (Å²) >= 11 is 15.6. The first-order valence-corrected chi connectivity index (χ1v) is 2.79. The number of hydrogen-bond donors (Lipinski definition) is 0. The molecule has 0 rings (SSSR count). The Hall–Kier alpha value is 0.350. The fourth-order valence-corrected chi connectivity index (χ4v) is 0.433. The molecule has 0 aliphatic carbocycles. The smallest absolute Gasteiger partial charge is 0.0527 e. The Balaban J connectivity index is 3.58. The molecule has 0 heterocycles. The van der Waals surface area contributed by atoms with Gasteiger partial charge in [-0.2, -0.15) is 0 Å². The van der Waals surface area contributed by atoms with Crippen LogP contribution in [0, 0.1) is 0 Å². The monoisotopic (exact) mass is 156 g/mol. The second-order valence-electron chi connectivity index (χ2n) is 0.787. The maximum atomic E-state index is 5.32. The predicted octanol–water partition coefficient (Wildman–Crippen LogP) is 3.06. The molecule has 0 spiro atoms. The standard InChI is InChI=1S/C4H3Cl3/c5-2-1-4(7)3-6/h1-3H. The molecule has 7 heavy (non-hydrogen) atoms. The van der Waals surface area contributed by atoms with Gasteiger partial charge in [-0.15, -0.1) is 0 Å². The van der Waals surface area contributed by atoms with Crippen molar-refractivity contribution in [1.29, 1.82) is 0 Å². The second-order valence-corrected chi connectivity index (χ2v) is 1.69. The van der Waals surface area contributed by atoms with Crippen molar-refractivity contribution >= 4 is 34.8 Å². The van der Waals surface area contributed by atoms with E-state index in [1.807, 2.05) is 0 Å². The molecule has 0 radical (unpaired) electrons. The van der Waals surface area contributed by atoms with E-state index in [1.54, 1.807) is 0 Å². The molecular formula is C4H3Cl3. The summed E-state index contributed by atoms with van der Waals surface area (Å²) in [6.07, 6.45) is 1.48. The molecular weight excluding hydrogens is 154 g/mol. The van der Waals surface area contributed by atoms with Gasteiger partial charge in [-0.05, 0) is 6.08 Å². The zero-order chi connectivity index (χ0) is 5.70. The Morgan fingerprint density at radius 2 is 1.86 bits per heavy atom. The van der Waals surface area contributed by atoms with Crippen LogP contribution in [-0.4, -0.2) is 0 Å². The minimum Gasteiger partial charge on any atom is -0.0929 e. The topological polar surface area (TPSA) is 0 Å². The lowest BCUT2D eigenvalue weighted by Gasteiger charge is -1.75. The van der Waals surface area contributed by atoms with Crippen LogP contribution in [-0.2, 0) is 0 Å². The summed E-state index contributed by atoms with van der Waals surface area (Å²) in [7, 11) is 0. The zero-order valence-corrected chi connectivity index (χ0v) is 5.63. The van der Waals surface area contributed by atoms with E-state index < -0.39 is 0 Å². The molecule has 0 aliphatic heterocycles. The first kappa shape index (κ1) is 7.35. The normalized spacial score (nSPS) is 13.3. The van der Waals surface area contributed by atoms with Gasteiger partial charge in [0.2, 0.25) is 0 Å². The molecule has 0 fully saturated rings. The summed E-state index contributed by atoms with van der Waals surface area (Å²) in [6.45, 7) is 0. The molecule has 0 aliphatic rings. The highest BCUT2D eigenvalue weighted by molar-refractivity contribution is 6.38. The molecule has 0 saturated carbocycles. The molecule has 0 bridgehead atoms. The maximum absolute atomic E-state index is 5.32. The van der Waals surface area contributed by atoms with E-state index in [0.29, 0.717) is 5.03 Å². The highest BCUT2D eigenvalue weighted by Crippen LogP contribution is 2.04. The molecule has 0 aromatic carbocycles. The average Bonchev–Trinajstić information content (AvgIpc) is 1.68. The van der Waals surface area contributed by atoms with Gasteiger partial charge < -0.3 is 0 Å². The second kappa shape index (κ2) is 4.51. The largest absolute Gasteiger partial charge is 0.0929 e. The molecule has 0 unspecified atom stereocenters. The van der Waals surface area contributed by atoms with E-state index in [0.717, 1.165) is 0 Å². The molecule has 0 aromatic heterocycles. The Morgan fingerprint density at radius 1 is 1.29 bits per heavy atom. The Morgan fingerprint density at radius 3 is 2.00 bits per heavy atom. The number of halogens is 3. The van der Waals surface area contributed by atoms with Crippen molar-refractivity contribution in [3.63, 3.8) is 0 Å². The first-order valence-electron chi connectivity index (χ1n) is 1.54. The third kappa shape index (κ3) is 4.20. The summed E-state index contributed by atoms with van der Waals surface area (Å²) in [5.41, 5.74) is 2.53. The van der Waals surface area contributed by atoms with E-state index in [1.165, 1.54) is 17.1 Å². The van der Waals surface area contributed by atoms with Crippen LogP contribution in [0.2, 0.25) is 0 Å². The SMILES string of the molecule is ClC=CC(Cl)=CCl. The van der Waals surface area contributed by atoms with Crippen molar-refractivity contribution in [2.45, 2.75) is 0 Å². The quantitative estimate of drug-likeness (QED) is 0.513. The third-order valence-corrected chi connectivity index (χ3v) is 1.03. The van der Waals surface area contributed by atoms with E-state index in [-0.39, 0.29) is 0 Å². The van der Waals surface area contributed by atoms with Gasteiger partial charge in [-0.1, -0.05) is 34.8 Å². The van der Waals surface area contributed by atoms with Crippen LogP contribution in [0.25, 0.3) is 0 Å². The van der Waals surface area contributed by atoms with Crippen molar-refractivity contribution in [2.24, 2.45) is 0 Å². The molecule has 0 amide bonds. The number of hydrogen-bond acceptors (Lipinski definition) is 0. The molecule has 0 nitrogen and oxygen atoms in total. The van der Waals surface area contributed by atoms with Crippen LogP contribution >= 0.6 is 34.8 Å². The van der Waals surface area contributed by atoms with Crippen LogP contribution in [0.5, 0.6) is 0 Å². The highest BCUT2D eigenvalue weighted by atomic mass is 35.5. The number of allylic oxidation sites excluding steroid dienone is 2. The van der Waals surface area contributed by atoms with Gasteiger partial charge >= 0.3 is 0 Å². The van der Waals surface area contributed by atoms with Gasteiger partial charge in [0.15, 0.2) is 0 Å². The molecule has 3 heteroatoms. The van der Waals surface area contributed by atoms with Crippen molar-refractivity contribution < 1.29 is 0 Å². The molecule has 40 valence electrons. The summed E-state index contributed by atoms with van der Waals surface area (Å²) in [6, 6.07) is 0. The van der Waals surface area contributed by atoms with Crippen LogP contribution in [0.3, 0.4) is 0 Å².